The number of phenols is 1. The minimum absolute atomic E-state index is 0.124. The van der Waals surface area contributed by atoms with Crippen LogP contribution in [0.4, 0.5) is 4.79 Å². The Balaban J connectivity index is 1.90. The Kier molecular flexibility index (Phi) is 5.08. The van der Waals surface area contributed by atoms with Crippen LogP contribution in [0.15, 0.2) is 48.5 Å². The molecule has 0 bridgehead atoms. The topological polar surface area (TPSA) is 87.1 Å². The highest BCUT2D eigenvalue weighted by molar-refractivity contribution is 5.78. The average molecular weight is 369 g/mol. The van der Waals surface area contributed by atoms with Gasteiger partial charge in [-0.05, 0) is 49.1 Å². The van der Waals surface area contributed by atoms with Crippen LogP contribution in [0.3, 0.4) is 0 Å². The number of amides is 1. The molecule has 0 saturated heterocycles. The number of carboxylic acid groups (broad SMARTS) is 1. The van der Waals surface area contributed by atoms with Crippen molar-refractivity contribution in [2.24, 2.45) is 5.41 Å². The zero-order valence-corrected chi connectivity index (χ0v) is 15.4. The number of ether oxygens (including phenoxy) is 1. The second kappa shape index (κ2) is 7.31. The predicted molar refractivity (Wildman–Crippen MR) is 99.3 cm³/mol. The molecule has 2 N–H and O–H groups in total. The highest BCUT2D eigenvalue weighted by Gasteiger charge is 2.46. The Morgan fingerprint density at radius 2 is 1.89 bits per heavy atom. The van der Waals surface area contributed by atoms with E-state index in [1.807, 2.05) is 30.3 Å². The monoisotopic (exact) mass is 369 g/mol. The quantitative estimate of drug-likeness (QED) is 0.857. The molecule has 1 amide bonds. The van der Waals surface area contributed by atoms with E-state index in [1.54, 1.807) is 26.0 Å². The fraction of sp³-hybridized carbons (Fsp3) is 0.333. The third-order valence-corrected chi connectivity index (χ3v) is 5.03. The molecular formula is C21H23NO5. The number of nitrogens with zero attached hydrogens (tertiary/aromatic N) is 1. The zero-order chi connectivity index (χ0) is 19.6. The molecular weight excluding hydrogens is 346 g/mol. The Morgan fingerprint density at radius 3 is 2.56 bits per heavy atom. The van der Waals surface area contributed by atoms with Gasteiger partial charge in [0.2, 0.25) is 0 Å². The van der Waals surface area contributed by atoms with Gasteiger partial charge in [0, 0.05) is 6.54 Å². The lowest BCUT2D eigenvalue weighted by Gasteiger charge is -2.43. The molecule has 2 aromatic carbocycles. The maximum absolute atomic E-state index is 12.8. The van der Waals surface area contributed by atoms with Gasteiger partial charge in [-0.15, -0.1) is 0 Å². The summed E-state index contributed by atoms with van der Waals surface area (Å²) in [4.78, 5) is 26.2. The Bertz CT molecular complexity index is 847. The van der Waals surface area contributed by atoms with Gasteiger partial charge in [0.15, 0.2) is 0 Å². The van der Waals surface area contributed by atoms with Gasteiger partial charge in [-0.1, -0.05) is 36.4 Å². The molecule has 142 valence electrons. The van der Waals surface area contributed by atoms with E-state index in [4.69, 9.17) is 4.74 Å². The number of carbonyl (C=O) groups is 2. The average Bonchev–Trinajstić information content (AvgIpc) is 2.65. The van der Waals surface area contributed by atoms with Crippen LogP contribution in [0.2, 0.25) is 0 Å². The van der Waals surface area contributed by atoms with Crippen LogP contribution in [0, 0.1) is 5.41 Å². The molecule has 6 nitrogen and oxygen atoms in total. The van der Waals surface area contributed by atoms with Gasteiger partial charge in [0.1, 0.15) is 12.4 Å². The first kappa shape index (κ1) is 18.8. The van der Waals surface area contributed by atoms with Crippen LogP contribution < -0.4 is 0 Å². The van der Waals surface area contributed by atoms with Crippen LogP contribution in [0.25, 0.3) is 0 Å². The van der Waals surface area contributed by atoms with Crippen molar-refractivity contribution in [2.75, 3.05) is 6.54 Å². The number of benzene rings is 2. The molecule has 1 heterocycles. The molecule has 1 atom stereocenters. The molecule has 6 heteroatoms. The molecule has 27 heavy (non-hydrogen) atoms. The first-order valence-corrected chi connectivity index (χ1v) is 8.83. The molecule has 2 aromatic rings. The minimum Gasteiger partial charge on any atom is -0.508 e. The summed E-state index contributed by atoms with van der Waals surface area (Å²) in [7, 11) is 0. The lowest BCUT2D eigenvalue weighted by Crippen LogP contribution is -2.49. The summed E-state index contributed by atoms with van der Waals surface area (Å²) < 4.78 is 5.46. The third-order valence-electron chi connectivity index (χ3n) is 5.03. The predicted octanol–water partition coefficient (Wildman–Crippen LogP) is 3.74. The van der Waals surface area contributed by atoms with Crippen molar-refractivity contribution < 1.29 is 24.5 Å². The first-order valence-electron chi connectivity index (χ1n) is 8.83. The summed E-state index contributed by atoms with van der Waals surface area (Å²) in [5, 5.41) is 19.5. The molecule has 1 unspecified atom stereocenters. The van der Waals surface area contributed by atoms with Gasteiger partial charge in [0.05, 0.1) is 11.5 Å². The van der Waals surface area contributed by atoms with E-state index < -0.39 is 23.5 Å². The van der Waals surface area contributed by atoms with Gasteiger partial charge in [-0.3, -0.25) is 9.69 Å². The van der Waals surface area contributed by atoms with Gasteiger partial charge >= 0.3 is 12.1 Å². The van der Waals surface area contributed by atoms with E-state index in [1.165, 1.54) is 11.0 Å². The fourth-order valence-electron chi connectivity index (χ4n) is 3.51. The van der Waals surface area contributed by atoms with Crippen LogP contribution in [0.5, 0.6) is 5.75 Å². The molecule has 1 aliphatic heterocycles. The molecule has 0 spiro atoms. The maximum Gasteiger partial charge on any atom is 0.410 e. The second-order valence-corrected chi connectivity index (χ2v) is 7.30. The van der Waals surface area contributed by atoms with Crippen LogP contribution in [-0.4, -0.2) is 33.7 Å². The van der Waals surface area contributed by atoms with Crippen molar-refractivity contribution >= 4 is 12.1 Å². The van der Waals surface area contributed by atoms with E-state index in [0.717, 1.165) is 16.7 Å². The number of carbonyl (C=O) groups excluding carboxylic acids is 1. The largest absolute Gasteiger partial charge is 0.508 e. The van der Waals surface area contributed by atoms with Crippen molar-refractivity contribution in [1.29, 1.82) is 0 Å². The molecule has 3 rings (SSSR count). The van der Waals surface area contributed by atoms with Crippen molar-refractivity contribution in [3.05, 3.63) is 65.2 Å². The summed E-state index contributed by atoms with van der Waals surface area (Å²) in [6, 6.07) is 13.5. The SMILES string of the molecule is CC(C)(C(=O)O)C1c2ccc(O)cc2CCN1C(=O)OCc1ccccc1. The molecule has 0 aromatic heterocycles. The molecule has 1 aliphatic rings. The van der Waals surface area contributed by atoms with Crippen LogP contribution in [-0.2, 0) is 22.6 Å². The van der Waals surface area contributed by atoms with E-state index in [-0.39, 0.29) is 12.4 Å². The number of aromatic hydroxyl groups is 1. The third kappa shape index (κ3) is 3.74. The molecule has 0 fully saturated rings. The number of fused-ring (bicyclic) bond motifs is 1. The molecule has 0 radical (unpaired) electrons. The van der Waals surface area contributed by atoms with E-state index in [9.17, 15) is 19.8 Å². The Labute approximate surface area is 158 Å². The van der Waals surface area contributed by atoms with Crippen LogP contribution >= 0.6 is 0 Å². The minimum atomic E-state index is -1.22. The number of aliphatic carboxylic acids is 1. The highest BCUT2D eigenvalue weighted by Crippen LogP contribution is 2.43. The zero-order valence-electron chi connectivity index (χ0n) is 15.4. The van der Waals surface area contributed by atoms with Gasteiger partial charge in [0.25, 0.3) is 0 Å². The number of rotatable bonds is 4. The lowest BCUT2D eigenvalue weighted by molar-refractivity contribution is -0.151. The summed E-state index contributed by atoms with van der Waals surface area (Å²) >= 11 is 0. The highest BCUT2D eigenvalue weighted by atomic mass is 16.6. The smallest absolute Gasteiger partial charge is 0.410 e. The second-order valence-electron chi connectivity index (χ2n) is 7.30. The van der Waals surface area contributed by atoms with E-state index >= 15 is 0 Å². The lowest BCUT2D eigenvalue weighted by atomic mass is 9.76. The van der Waals surface area contributed by atoms with E-state index in [0.29, 0.717) is 13.0 Å². The van der Waals surface area contributed by atoms with Crippen molar-refractivity contribution in [2.45, 2.75) is 32.9 Å². The Morgan fingerprint density at radius 1 is 1.19 bits per heavy atom. The summed E-state index contributed by atoms with van der Waals surface area (Å²) in [5.74, 6) is -0.880. The van der Waals surface area contributed by atoms with Crippen molar-refractivity contribution in [1.82, 2.24) is 4.90 Å². The van der Waals surface area contributed by atoms with Gasteiger partial charge in [-0.25, -0.2) is 4.79 Å². The molecule has 0 aliphatic carbocycles. The molecule has 0 saturated carbocycles. The Hall–Kier alpha value is -3.02. The number of carboxylic acids is 1. The van der Waals surface area contributed by atoms with E-state index in [2.05, 4.69) is 0 Å². The summed E-state index contributed by atoms with van der Waals surface area (Å²) in [5.41, 5.74) is 1.21. The van der Waals surface area contributed by atoms with Crippen LogP contribution in [0.1, 0.15) is 36.6 Å². The number of phenolic OH excluding ortho intramolecular Hbond substituents is 1. The van der Waals surface area contributed by atoms with Gasteiger partial charge < -0.3 is 14.9 Å². The summed E-state index contributed by atoms with van der Waals surface area (Å²) in [6.07, 6.45) is -0.0204. The van der Waals surface area contributed by atoms with Crippen molar-refractivity contribution in [3.63, 3.8) is 0 Å². The fourth-order valence-corrected chi connectivity index (χ4v) is 3.51. The first-order chi connectivity index (χ1) is 12.8. The standard InChI is InChI=1S/C21H23NO5/c1-21(2,19(24)25)18-17-9-8-16(23)12-15(17)10-11-22(18)20(26)27-13-14-6-4-3-5-7-14/h3-9,12,18,23H,10-11,13H2,1-2H3,(H,24,25). The normalized spacial score (nSPS) is 16.5. The van der Waals surface area contributed by atoms with Gasteiger partial charge in [-0.2, -0.15) is 0 Å². The maximum atomic E-state index is 12.8. The number of hydrogen-bond acceptors (Lipinski definition) is 4. The van der Waals surface area contributed by atoms with Crippen molar-refractivity contribution in [3.8, 4) is 5.75 Å². The number of hydrogen-bond donors (Lipinski definition) is 2. The summed E-state index contributed by atoms with van der Waals surface area (Å²) in [6.45, 7) is 3.64.